The number of nitrogens with two attached hydrogens (primary N) is 1. The zero-order valence-electron chi connectivity index (χ0n) is 9.90. The van der Waals surface area contributed by atoms with Gasteiger partial charge in [0, 0.05) is 6.54 Å². The van der Waals surface area contributed by atoms with Gasteiger partial charge in [0.05, 0.1) is 0 Å². The summed E-state index contributed by atoms with van der Waals surface area (Å²) in [5.41, 5.74) is 6.74. The average molecular weight is 242 g/mol. The molecule has 0 bridgehead atoms. The van der Waals surface area contributed by atoms with E-state index >= 15 is 0 Å². The third-order valence-corrected chi connectivity index (χ3v) is 2.79. The zero-order chi connectivity index (χ0) is 13.1. The van der Waals surface area contributed by atoms with Crippen LogP contribution in [0.1, 0.15) is 11.1 Å². The minimum atomic E-state index is -0.599. The molecular weight excluding hydrogens is 228 g/mol. The fourth-order valence-corrected chi connectivity index (χ4v) is 1.81. The molecule has 4 heteroatoms. The van der Waals surface area contributed by atoms with Gasteiger partial charge in [-0.3, -0.25) is 9.59 Å². The minimum absolute atomic E-state index is 0.0299. The van der Waals surface area contributed by atoms with E-state index in [0.29, 0.717) is 6.54 Å². The number of benzene rings is 1. The van der Waals surface area contributed by atoms with E-state index in [4.69, 9.17) is 5.73 Å². The van der Waals surface area contributed by atoms with Crippen LogP contribution < -0.4 is 21.9 Å². The van der Waals surface area contributed by atoms with Crippen molar-refractivity contribution >= 4 is 11.4 Å². The number of anilines is 2. The van der Waals surface area contributed by atoms with Crippen LogP contribution in [-0.2, 0) is 13.0 Å². The van der Waals surface area contributed by atoms with E-state index in [1.54, 1.807) is 0 Å². The Bertz CT molecular complexity index is 652. The lowest BCUT2D eigenvalue weighted by atomic mass is 10.1. The molecule has 0 aromatic heterocycles. The summed E-state index contributed by atoms with van der Waals surface area (Å²) >= 11 is 0. The molecule has 0 fully saturated rings. The van der Waals surface area contributed by atoms with Crippen LogP contribution in [0.2, 0.25) is 0 Å². The molecule has 0 atom stereocenters. The second-order valence-electron chi connectivity index (χ2n) is 4.11. The van der Waals surface area contributed by atoms with Crippen molar-refractivity contribution in [2.45, 2.75) is 13.0 Å². The van der Waals surface area contributed by atoms with Gasteiger partial charge in [0.25, 0.3) is 10.9 Å². The third-order valence-electron chi connectivity index (χ3n) is 2.79. The molecular formula is C14H14N2O2. The van der Waals surface area contributed by atoms with Gasteiger partial charge in [0.2, 0.25) is 0 Å². The molecule has 0 saturated carbocycles. The van der Waals surface area contributed by atoms with Crippen molar-refractivity contribution in [3.8, 4) is 0 Å². The van der Waals surface area contributed by atoms with Crippen molar-refractivity contribution in [3.63, 3.8) is 0 Å². The predicted octanol–water partition coefficient (Wildman–Crippen LogP) is 1.21. The van der Waals surface area contributed by atoms with Crippen LogP contribution in [0.5, 0.6) is 0 Å². The molecule has 18 heavy (non-hydrogen) atoms. The molecule has 0 radical (unpaired) electrons. The summed E-state index contributed by atoms with van der Waals surface area (Å²) in [6.07, 6.45) is 2.64. The zero-order valence-corrected chi connectivity index (χ0v) is 9.90. The molecule has 0 unspecified atom stereocenters. The molecule has 0 amide bonds. The van der Waals surface area contributed by atoms with Crippen molar-refractivity contribution in [1.82, 2.24) is 0 Å². The molecule has 0 aliphatic heterocycles. The Morgan fingerprint density at radius 3 is 2.61 bits per heavy atom. The van der Waals surface area contributed by atoms with Crippen molar-refractivity contribution in [1.29, 1.82) is 0 Å². The lowest BCUT2D eigenvalue weighted by Crippen LogP contribution is -2.36. The Balaban J connectivity index is 2.07. The molecule has 92 valence electrons. The van der Waals surface area contributed by atoms with Gasteiger partial charge in [0.15, 0.2) is 0 Å². The molecule has 0 saturated heterocycles. The molecule has 0 heterocycles. The molecule has 0 aliphatic carbocycles. The Hall–Kier alpha value is -2.36. The molecule has 0 aliphatic rings. The molecule has 4 nitrogen and oxygen atoms in total. The number of nitrogens with one attached hydrogen (secondary N) is 1. The predicted molar refractivity (Wildman–Crippen MR) is 73.4 cm³/mol. The maximum atomic E-state index is 11.2. The van der Waals surface area contributed by atoms with Crippen LogP contribution in [0, 0.1) is 0 Å². The monoisotopic (exact) mass is 242 g/mol. The standard InChI is InChI=1S/C14H14N2O2/c1-2-4-9-5-3-6-10(7-9)8-16-12-11(15)13(17)14(12)18/h2-3,5-7,16H,1,4,8,15H2. The first kappa shape index (κ1) is 12.1. The molecule has 2 rings (SSSR count). The van der Waals surface area contributed by atoms with Crippen LogP contribution in [0.15, 0.2) is 46.5 Å². The Morgan fingerprint density at radius 1 is 1.22 bits per heavy atom. The number of nitrogen functional groups attached to an aromatic ring is 1. The van der Waals surface area contributed by atoms with Crippen LogP contribution >= 0.6 is 0 Å². The lowest BCUT2D eigenvalue weighted by Gasteiger charge is -2.10. The van der Waals surface area contributed by atoms with E-state index in [1.165, 1.54) is 0 Å². The van der Waals surface area contributed by atoms with Gasteiger partial charge in [-0.1, -0.05) is 30.3 Å². The first-order valence-electron chi connectivity index (χ1n) is 5.65. The van der Waals surface area contributed by atoms with Crippen molar-refractivity contribution < 1.29 is 0 Å². The molecule has 0 spiro atoms. The Labute approximate surface area is 104 Å². The van der Waals surface area contributed by atoms with E-state index in [0.717, 1.165) is 17.5 Å². The first-order chi connectivity index (χ1) is 8.63. The van der Waals surface area contributed by atoms with Gasteiger partial charge in [0.1, 0.15) is 11.4 Å². The van der Waals surface area contributed by atoms with Crippen molar-refractivity contribution in [2.75, 3.05) is 11.1 Å². The van der Waals surface area contributed by atoms with Gasteiger partial charge in [-0.2, -0.15) is 0 Å². The van der Waals surface area contributed by atoms with Crippen molar-refractivity contribution in [2.24, 2.45) is 0 Å². The largest absolute Gasteiger partial charge is 0.394 e. The van der Waals surface area contributed by atoms with Gasteiger partial charge in [-0.05, 0) is 17.5 Å². The Morgan fingerprint density at radius 2 is 1.94 bits per heavy atom. The quantitative estimate of drug-likeness (QED) is 0.610. The van der Waals surface area contributed by atoms with Crippen LogP contribution in [0.3, 0.4) is 0 Å². The third kappa shape index (κ3) is 2.18. The number of rotatable bonds is 5. The molecule has 2 aromatic carbocycles. The maximum Gasteiger partial charge on any atom is 0.253 e. The fourth-order valence-electron chi connectivity index (χ4n) is 1.81. The highest BCUT2D eigenvalue weighted by molar-refractivity contribution is 5.71. The summed E-state index contributed by atoms with van der Waals surface area (Å²) in [4.78, 5) is 22.1. The van der Waals surface area contributed by atoms with E-state index < -0.39 is 10.9 Å². The normalized spacial score (nSPS) is 10.4. The first-order valence-corrected chi connectivity index (χ1v) is 5.65. The van der Waals surface area contributed by atoms with Crippen LogP contribution in [0.4, 0.5) is 11.4 Å². The summed E-state index contributed by atoms with van der Waals surface area (Å²) in [6.45, 7) is 4.16. The Kier molecular flexibility index (Phi) is 3.28. The topological polar surface area (TPSA) is 72.2 Å². The van der Waals surface area contributed by atoms with E-state index in [1.807, 2.05) is 30.3 Å². The molecule has 3 N–H and O–H groups in total. The highest BCUT2D eigenvalue weighted by atomic mass is 16.2. The van der Waals surface area contributed by atoms with Gasteiger partial charge in [-0.15, -0.1) is 6.58 Å². The SMILES string of the molecule is C=CCc1cccc(CNc2c(N)c(=O)c2=O)c1. The number of allylic oxidation sites excluding steroid dienone is 1. The average Bonchev–Trinajstić information content (AvgIpc) is 2.39. The van der Waals surface area contributed by atoms with Gasteiger partial charge in [-0.25, -0.2) is 0 Å². The smallest absolute Gasteiger partial charge is 0.253 e. The van der Waals surface area contributed by atoms with Crippen LogP contribution in [-0.4, -0.2) is 0 Å². The van der Waals surface area contributed by atoms with Gasteiger partial charge < -0.3 is 11.1 Å². The van der Waals surface area contributed by atoms with Gasteiger partial charge >= 0.3 is 0 Å². The lowest BCUT2D eigenvalue weighted by molar-refractivity contribution is 1.11. The highest BCUT2D eigenvalue weighted by Gasteiger charge is 2.16. The number of hydrogen-bond donors (Lipinski definition) is 2. The maximum absolute atomic E-state index is 11.2. The molecule has 2 aromatic rings. The second kappa shape index (κ2) is 4.87. The van der Waals surface area contributed by atoms with E-state index in [2.05, 4.69) is 11.9 Å². The summed E-state index contributed by atoms with van der Waals surface area (Å²) in [5, 5.41) is 2.89. The summed E-state index contributed by atoms with van der Waals surface area (Å²) < 4.78 is 0. The highest BCUT2D eigenvalue weighted by Crippen LogP contribution is 2.12. The van der Waals surface area contributed by atoms with Crippen LogP contribution in [0.25, 0.3) is 0 Å². The summed E-state index contributed by atoms with van der Waals surface area (Å²) in [5.74, 6) is 0. The second-order valence-corrected chi connectivity index (χ2v) is 4.11. The summed E-state index contributed by atoms with van der Waals surface area (Å²) in [7, 11) is 0. The summed E-state index contributed by atoms with van der Waals surface area (Å²) in [6, 6.07) is 7.93. The van der Waals surface area contributed by atoms with Crippen molar-refractivity contribution in [3.05, 3.63) is 68.5 Å². The minimum Gasteiger partial charge on any atom is -0.394 e. The fraction of sp³-hybridized carbons (Fsp3) is 0.143. The van der Waals surface area contributed by atoms with E-state index in [9.17, 15) is 9.59 Å². The van der Waals surface area contributed by atoms with E-state index in [-0.39, 0.29) is 11.4 Å². The number of hydrogen-bond acceptors (Lipinski definition) is 4.